The predicted octanol–water partition coefficient (Wildman–Crippen LogP) is 2.04. The fourth-order valence-electron chi connectivity index (χ4n) is 2.43. The van der Waals surface area contributed by atoms with Crippen LogP contribution in [0.15, 0.2) is 59.5 Å². The highest BCUT2D eigenvalue weighted by Crippen LogP contribution is 2.24. The number of hydrogen-bond acceptors (Lipinski definition) is 4. The van der Waals surface area contributed by atoms with Crippen LogP contribution < -0.4 is 15.4 Å². The van der Waals surface area contributed by atoms with Crippen molar-refractivity contribution in [3.05, 3.63) is 60.2 Å². The van der Waals surface area contributed by atoms with Gasteiger partial charge in [-0.25, -0.2) is 8.42 Å². The molecule has 0 fully saturated rings. The zero-order valence-electron chi connectivity index (χ0n) is 15.1. The van der Waals surface area contributed by atoms with Crippen molar-refractivity contribution < 1.29 is 13.2 Å². The van der Waals surface area contributed by atoms with E-state index >= 15 is 0 Å². The summed E-state index contributed by atoms with van der Waals surface area (Å²) in [5, 5.41) is 2.75. The Bertz CT molecular complexity index is 821. The number of rotatable bonds is 8. The summed E-state index contributed by atoms with van der Waals surface area (Å²) >= 11 is 0. The van der Waals surface area contributed by atoms with E-state index in [1.165, 1.54) is 4.31 Å². The average molecular weight is 375 g/mol. The van der Waals surface area contributed by atoms with Gasteiger partial charge in [-0.15, -0.1) is 0 Å². The van der Waals surface area contributed by atoms with Crippen LogP contribution in [0.5, 0.6) is 0 Å². The molecule has 140 valence electrons. The van der Waals surface area contributed by atoms with Gasteiger partial charge < -0.3 is 11.1 Å². The second-order valence-electron chi connectivity index (χ2n) is 6.18. The topological polar surface area (TPSA) is 92.5 Å². The average Bonchev–Trinajstić information content (AvgIpc) is 2.62. The summed E-state index contributed by atoms with van der Waals surface area (Å²) < 4.78 is 27.5. The van der Waals surface area contributed by atoms with Gasteiger partial charge in [0, 0.05) is 25.6 Å². The normalized spacial score (nSPS) is 12.4. The number of nitrogens with zero attached hydrogens (tertiary/aromatic N) is 1. The number of hydrogen-bond donors (Lipinski definition) is 2. The number of benzene rings is 2. The first-order valence-corrected chi connectivity index (χ1v) is 9.92. The van der Waals surface area contributed by atoms with E-state index in [4.69, 9.17) is 5.73 Å². The monoisotopic (exact) mass is 375 g/mol. The van der Waals surface area contributed by atoms with Crippen molar-refractivity contribution in [1.82, 2.24) is 5.32 Å². The van der Waals surface area contributed by atoms with Gasteiger partial charge in [-0.05, 0) is 38.1 Å². The molecule has 2 rings (SSSR count). The number of nitrogens with two attached hydrogens (primary N) is 1. The Morgan fingerprint density at radius 3 is 2.31 bits per heavy atom. The molecule has 6 nitrogen and oxygen atoms in total. The van der Waals surface area contributed by atoms with Gasteiger partial charge in [0.1, 0.15) is 0 Å². The van der Waals surface area contributed by atoms with E-state index in [1.54, 1.807) is 55.5 Å². The van der Waals surface area contributed by atoms with Crippen LogP contribution in [-0.4, -0.2) is 33.5 Å². The van der Waals surface area contributed by atoms with Crippen LogP contribution in [0.1, 0.15) is 18.9 Å². The van der Waals surface area contributed by atoms with Crippen LogP contribution in [0, 0.1) is 6.92 Å². The van der Waals surface area contributed by atoms with E-state index in [9.17, 15) is 13.2 Å². The van der Waals surface area contributed by atoms with Crippen molar-refractivity contribution >= 4 is 21.6 Å². The highest BCUT2D eigenvalue weighted by molar-refractivity contribution is 7.92. The minimum absolute atomic E-state index is 0.0450. The maximum atomic E-state index is 13.1. The second-order valence-corrected chi connectivity index (χ2v) is 8.04. The highest BCUT2D eigenvalue weighted by Gasteiger charge is 2.25. The number of aryl methyl sites for hydroxylation is 1. The largest absolute Gasteiger partial charge is 0.352 e. The number of carbonyl (C=O) groups is 1. The Balaban J connectivity index is 2.27. The molecule has 7 heteroatoms. The molecule has 1 atom stereocenters. The summed E-state index contributed by atoms with van der Waals surface area (Å²) in [5.41, 5.74) is 7.00. The van der Waals surface area contributed by atoms with Crippen LogP contribution >= 0.6 is 0 Å². The van der Waals surface area contributed by atoms with Crippen LogP contribution in [-0.2, 0) is 14.8 Å². The van der Waals surface area contributed by atoms with E-state index in [0.29, 0.717) is 12.2 Å². The molecule has 0 radical (unpaired) electrons. The van der Waals surface area contributed by atoms with Crippen LogP contribution in [0.2, 0.25) is 0 Å². The Labute approximate surface area is 155 Å². The number of sulfonamides is 1. The smallest absolute Gasteiger partial charge is 0.264 e. The van der Waals surface area contributed by atoms with E-state index in [2.05, 4.69) is 5.32 Å². The van der Waals surface area contributed by atoms with Crippen LogP contribution in [0.3, 0.4) is 0 Å². The molecular weight excluding hydrogens is 350 g/mol. The summed E-state index contributed by atoms with van der Waals surface area (Å²) in [5.74, 6) is -0.233. The number of carbonyl (C=O) groups excluding carboxylic acids is 1. The molecule has 26 heavy (non-hydrogen) atoms. The van der Waals surface area contributed by atoms with E-state index < -0.39 is 10.0 Å². The molecule has 0 saturated carbocycles. The molecular formula is C19H25N3O3S. The Morgan fingerprint density at radius 1 is 1.12 bits per heavy atom. The molecule has 0 aliphatic heterocycles. The zero-order chi connectivity index (χ0) is 19.2. The summed E-state index contributed by atoms with van der Waals surface area (Å²) in [4.78, 5) is 12.3. The minimum atomic E-state index is -3.77. The SMILES string of the molecule is Cc1ccc(S(=O)(=O)N(CCC(=O)N[C@@H](C)CN)c2ccccc2)cc1. The van der Waals surface area contributed by atoms with Gasteiger partial charge in [-0.2, -0.15) is 0 Å². The van der Waals surface area contributed by atoms with Crippen molar-refractivity contribution in [2.45, 2.75) is 31.2 Å². The van der Waals surface area contributed by atoms with Crippen molar-refractivity contribution in [2.24, 2.45) is 5.73 Å². The van der Waals surface area contributed by atoms with Crippen molar-refractivity contribution in [3.63, 3.8) is 0 Å². The molecule has 0 saturated heterocycles. The maximum Gasteiger partial charge on any atom is 0.264 e. The lowest BCUT2D eigenvalue weighted by Gasteiger charge is -2.24. The van der Waals surface area contributed by atoms with Gasteiger partial charge >= 0.3 is 0 Å². The van der Waals surface area contributed by atoms with Crippen molar-refractivity contribution in [1.29, 1.82) is 0 Å². The fourth-order valence-corrected chi connectivity index (χ4v) is 3.89. The Morgan fingerprint density at radius 2 is 1.73 bits per heavy atom. The Kier molecular flexibility index (Phi) is 6.76. The van der Waals surface area contributed by atoms with Gasteiger partial charge in [0.15, 0.2) is 0 Å². The molecule has 2 aromatic rings. The number of anilines is 1. The number of nitrogens with one attached hydrogen (secondary N) is 1. The molecule has 0 aliphatic rings. The summed E-state index contributed by atoms with van der Waals surface area (Å²) in [7, 11) is -3.77. The number of para-hydroxylation sites is 1. The Hall–Kier alpha value is -2.38. The third-order valence-corrected chi connectivity index (χ3v) is 5.80. The van der Waals surface area contributed by atoms with Gasteiger partial charge in [0.2, 0.25) is 5.91 Å². The first-order valence-electron chi connectivity index (χ1n) is 8.48. The highest BCUT2D eigenvalue weighted by atomic mass is 32.2. The lowest BCUT2D eigenvalue weighted by Crippen LogP contribution is -2.40. The third-order valence-electron chi connectivity index (χ3n) is 3.96. The van der Waals surface area contributed by atoms with Crippen molar-refractivity contribution in [3.8, 4) is 0 Å². The maximum absolute atomic E-state index is 13.1. The molecule has 1 amide bonds. The molecule has 2 aromatic carbocycles. The lowest BCUT2D eigenvalue weighted by atomic mass is 10.2. The molecule has 0 bridgehead atoms. The molecule has 0 heterocycles. The van der Waals surface area contributed by atoms with Crippen molar-refractivity contribution in [2.75, 3.05) is 17.4 Å². The molecule has 3 N–H and O–H groups in total. The van der Waals surface area contributed by atoms with Crippen LogP contribution in [0.4, 0.5) is 5.69 Å². The summed E-state index contributed by atoms with van der Waals surface area (Å²) in [6.45, 7) is 4.07. The van der Waals surface area contributed by atoms with E-state index in [0.717, 1.165) is 5.56 Å². The first kappa shape index (κ1) is 19.9. The first-order chi connectivity index (χ1) is 12.3. The molecule has 0 aliphatic carbocycles. The zero-order valence-corrected chi connectivity index (χ0v) is 15.9. The van der Waals surface area contributed by atoms with Gasteiger partial charge in [0.05, 0.1) is 10.6 Å². The quantitative estimate of drug-likeness (QED) is 0.738. The lowest BCUT2D eigenvalue weighted by molar-refractivity contribution is -0.121. The third kappa shape index (κ3) is 5.06. The second kappa shape index (κ2) is 8.82. The summed E-state index contributed by atoms with van der Waals surface area (Å²) in [6, 6.07) is 15.3. The molecule has 0 aromatic heterocycles. The van der Waals surface area contributed by atoms with E-state index in [1.807, 2.05) is 13.0 Å². The fraction of sp³-hybridized carbons (Fsp3) is 0.316. The molecule has 0 spiro atoms. The van der Waals surface area contributed by atoms with Gasteiger partial charge in [-0.3, -0.25) is 9.10 Å². The predicted molar refractivity (Wildman–Crippen MR) is 103 cm³/mol. The summed E-state index contributed by atoms with van der Waals surface area (Å²) in [6.07, 6.45) is 0.0460. The van der Waals surface area contributed by atoms with Gasteiger partial charge in [0.25, 0.3) is 10.0 Å². The molecule has 0 unspecified atom stereocenters. The standard InChI is InChI=1S/C19H25N3O3S/c1-15-8-10-18(11-9-15)26(24,25)22(17-6-4-3-5-7-17)13-12-19(23)21-16(2)14-20/h3-11,16H,12-14,20H2,1-2H3,(H,21,23)/t16-/m0/s1. The number of amides is 1. The minimum Gasteiger partial charge on any atom is -0.352 e. The van der Waals surface area contributed by atoms with E-state index in [-0.39, 0.29) is 29.8 Å². The van der Waals surface area contributed by atoms with Crippen LogP contribution in [0.25, 0.3) is 0 Å². The van der Waals surface area contributed by atoms with Gasteiger partial charge in [-0.1, -0.05) is 35.9 Å².